The summed E-state index contributed by atoms with van der Waals surface area (Å²) in [6, 6.07) is 0. The summed E-state index contributed by atoms with van der Waals surface area (Å²) in [5, 5.41) is 6.70. The second kappa shape index (κ2) is 7.62. The van der Waals surface area contributed by atoms with Crippen LogP contribution in [0, 0.1) is 0 Å². The van der Waals surface area contributed by atoms with Crippen molar-refractivity contribution in [2.45, 2.75) is 13.3 Å². The second-order valence-electron chi connectivity index (χ2n) is 3.22. The number of nitrogens with one attached hydrogen (secondary N) is 2. The Kier molecular flexibility index (Phi) is 6.62. The highest BCUT2D eigenvalue weighted by Crippen LogP contribution is 2.10. The van der Waals surface area contributed by atoms with E-state index in [4.69, 9.17) is 0 Å². The summed E-state index contributed by atoms with van der Waals surface area (Å²) < 4.78 is 2.47. The molecule has 0 atom stereocenters. The van der Waals surface area contributed by atoms with E-state index in [1.807, 2.05) is 11.9 Å². The van der Waals surface area contributed by atoms with Crippen molar-refractivity contribution >= 4 is 11.9 Å². The van der Waals surface area contributed by atoms with Crippen molar-refractivity contribution in [1.29, 1.82) is 0 Å². The minimum absolute atomic E-state index is 1.10. The van der Waals surface area contributed by atoms with Crippen molar-refractivity contribution in [2.24, 2.45) is 0 Å². The average Bonchev–Trinajstić information content (AvgIpc) is 2.19. The Labute approximate surface area is 85.8 Å². The van der Waals surface area contributed by atoms with Crippen LogP contribution in [0.2, 0.25) is 0 Å². The van der Waals surface area contributed by atoms with Gasteiger partial charge in [0, 0.05) is 31.9 Å². The molecule has 0 amide bonds. The molecule has 0 bridgehead atoms. The normalized spacial score (nSPS) is 19.2. The number of rotatable bonds is 6. The smallest absolute Gasteiger partial charge is 0.0215 e. The van der Waals surface area contributed by atoms with Gasteiger partial charge in [0.15, 0.2) is 0 Å². The molecule has 4 heteroatoms. The SMILES string of the molecule is CCNCCCSN1CCNCC1. The van der Waals surface area contributed by atoms with Crippen LogP contribution in [0.5, 0.6) is 0 Å². The average molecular weight is 203 g/mol. The highest BCUT2D eigenvalue weighted by atomic mass is 32.2. The fourth-order valence-corrected chi connectivity index (χ4v) is 2.31. The standard InChI is InChI=1S/C9H21N3S/c1-2-10-4-3-9-13-12-7-5-11-6-8-12/h10-11H,2-9H2,1H3. The molecule has 1 aliphatic heterocycles. The zero-order valence-corrected chi connectivity index (χ0v) is 9.33. The fourth-order valence-electron chi connectivity index (χ4n) is 1.34. The first-order valence-electron chi connectivity index (χ1n) is 5.23. The number of piperazine rings is 1. The third-order valence-electron chi connectivity index (χ3n) is 2.10. The molecule has 1 heterocycles. The molecule has 0 aliphatic carbocycles. The molecule has 0 spiro atoms. The van der Waals surface area contributed by atoms with Crippen molar-refractivity contribution in [2.75, 3.05) is 45.0 Å². The molecule has 0 saturated carbocycles. The molecule has 1 saturated heterocycles. The van der Waals surface area contributed by atoms with E-state index in [1.54, 1.807) is 0 Å². The van der Waals surface area contributed by atoms with Gasteiger partial charge in [-0.25, -0.2) is 4.31 Å². The Morgan fingerprint density at radius 1 is 1.38 bits per heavy atom. The third-order valence-corrected chi connectivity index (χ3v) is 3.30. The molecule has 0 aromatic rings. The largest absolute Gasteiger partial charge is 0.317 e. The summed E-state index contributed by atoms with van der Waals surface area (Å²) in [7, 11) is 0. The first kappa shape index (κ1) is 11.3. The lowest BCUT2D eigenvalue weighted by Gasteiger charge is -2.25. The van der Waals surface area contributed by atoms with Gasteiger partial charge in [0.25, 0.3) is 0 Å². The minimum Gasteiger partial charge on any atom is -0.317 e. The van der Waals surface area contributed by atoms with Gasteiger partial charge in [0.1, 0.15) is 0 Å². The summed E-state index contributed by atoms with van der Waals surface area (Å²) in [5.41, 5.74) is 0. The molecule has 1 fully saturated rings. The summed E-state index contributed by atoms with van der Waals surface area (Å²) in [6.07, 6.45) is 1.28. The molecule has 0 aromatic carbocycles. The lowest BCUT2D eigenvalue weighted by molar-refractivity contribution is 0.396. The third kappa shape index (κ3) is 5.52. The Bertz CT molecular complexity index is 115. The Morgan fingerprint density at radius 2 is 2.15 bits per heavy atom. The van der Waals surface area contributed by atoms with Crippen molar-refractivity contribution in [3.8, 4) is 0 Å². The van der Waals surface area contributed by atoms with E-state index < -0.39 is 0 Å². The van der Waals surface area contributed by atoms with Gasteiger partial charge in [-0.3, -0.25) is 0 Å². The van der Waals surface area contributed by atoms with E-state index >= 15 is 0 Å². The maximum atomic E-state index is 3.36. The molecule has 2 N–H and O–H groups in total. The van der Waals surface area contributed by atoms with Gasteiger partial charge in [0.2, 0.25) is 0 Å². The van der Waals surface area contributed by atoms with Gasteiger partial charge in [-0.1, -0.05) is 18.9 Å². The van der Waals surface area contributed by atoms with Gasteiger partial charge in [-0.05, 0) is 19.5 Å². The Balaban J connectivity index is 1.86. The monoisotopic (exact) mass is 203 g/mol. The number of hydrogen-bond donors (Lipinski definition) is 2. The maximum Gasteiger partial charge on any atom is 0.0215 e. The van der Waals surface area contributed by atoms with Crippen LogP contribution in [-0.4, -0.2) is 49.3 Å². The van der Waals surface area contributed by atoms with E-state index in [2.05, 4.69) is 21.9 Å². The van der Waals surface area contributed by atoms with Crippen molar-refractivity contribution in [1.82, 2.24) is 14.9 Å². The summed E-state index contributed by atoms with van der Waals surface area (Å²) >= 11 is 2.00. The summed E-state index contributed by atoms with van der Waals surface area (Å²) in [4.78, 5) is 0. The molecule has 0 aromatic heterocycles. The van der Waals surface area contributed by atoms with E-state index in [1.165, 1.54) is 25.3 Å². The van der Waals surface area contributed by atoms with Crippen LogP contribution in [0.25, 0.3) is 0 Å². The van der Waals surface area contributed by atoms with Gasteiger partial charge in [-0.15, -0.1) is 0 Å². The summed E-state index contributed by atoms with van der Waals surface area (Å²) in [5.74, 6) is 1.26. The van der Waals surface area contributed by atoms with Gasteiger partial charge < -0.3 is 10.6 Å². The lowest BCUT2D eigenvalue weighted by atomic mass is 10.4. The van der Waals surface area contributed by atoms with E-state index in [0.29, 0.717) is 0 Å². The van der Waals surface area contributed by atoms with Crippen LogP contribution in [0.4, 0.5) is 0 Å². The van der Waals surface area contributed by atoms with Crippen LogP contribution in [-0.2, 0) is 0 Å². The van der Waals surface area contributed by atoms with Crippen molar-refractivity contribution in [3.63, 3.8) is 0 Å². The fraction of sp³-hybridized carbons (Fsp3) is 1.00. The minimum atomic E-state index is 1.10. The second-order valence-corrected chi connectivity index (χ2v) is 4.40. The molecule has 0 unspecified atom stereocenters. The molecule has 1 rings (SSSR count). The van der Waals surface area contributed by atoms with Crippen molar-refractivity contribution in [3.05, 3.63) is 0 Å². The van der Waals surface area contributed by atoms with E-state index in [-0.39, 0.29) is 0 Å². The first-order valence-corrected chi connectivity index (χ1v) is 6.17. The molecule has 3 nitrogen and oxygen atoms in total. The van der Waals surface area contributed by atoms with Gasteiger partial charge >= 0.3 is 0 Å². The van der Waals surface area contributed by atoms with Crippen LogP contribution in [0.3, 0.4) is 0 Å². The van der Waals surface area contributed by atoms with Gasteiger partial charge in [-0.2, -0.15) is 0 Å². The van der Waals surface area contributed by atoms with Crippen molar-refractivity contribution < 1.29 is 0 Å². The maximum absolute atomic E-state index is 3.36. The predicted molar refractivity (Wildman–Crippen MR) is 60.1 cm³/mol. The number of hydrogen-bond acceptors (Lipinski definition) is 4. The molecule has 13 heavy (non-hydrogen) atoms. The number of nitrogens with zero attached hydrogens (tertiary/aromatic N) is 1. The lowest BCUT2D eigenvalue weighted by Crippen LogP contribution is -2.40. The zero-order chi connectivity index (χ0) is 9.36. The Morgan fingerprint density at radius 3 is 2.85 bits per heavy atom. The van der Waals surface area contributed by atoms with Crippen LogP contribution in [0.1, 0.15) is 13.3 Å². The van der Waals surface area contributed by atoms with Crippen LogP contribution < -0.4 is 10.6 Å². The first-order chi connectivity index (χ1) is 6.43. The van der Waals surface area contributed by atoms with Crippen LogP contribution >= 0.6 is 11.9 Å². The van der Waals surface area contributed by atoms with E-state index in [0.717, 1.165) is 26.2 Å². The highest BCUT2D eigenvalue weighted by Gasteiger charge is 2.08. The highest BCUT2D eigenvalue weighted by molar-refractivity contribution is 7.97. The molecular weight excluding hydrogens is 182 g/mol. The quantitative estimate of drug-likeness (QED) is 0.487. The van der Waals surface area contributed by atoms with E-state index in [9.17, 15) is 0 Å². The molecule has 1 aliphatic rings. The topological polar surface area (TPSA) is 27.3 Å². The molecular formula is C9H21N3S. The van der Waals surface area contributed by atoms with Gasteiger partial charge in [0.05, 0.1) is 0 Å². The van der Waals surface area contributed by atoms with Crippen LogP contribution in [0.15, 0.2) is 0 Å². The zero-order valence-electron chi connectivity index (χ0n) is 8.51. The molecule has 0 radical (unpaired) electrons. The Hall–Kier alpha value is 0.230. The predicted octanol–water partition coefficient (Wildman–Crippen LogP) is 0.539. The summed E-state index contributed by atoms with van der Waals surface area (Å²) in [6.45, 7) is 9.12. The molecule has 78 valence electrons.